The van der Waals surface area contributed by atoms with Crippen LogP contribution in [0.3, 0.4) is 0 Å². The summed E-state index contributed by atoms with van der Waals surface area (Å²) in [4.78, 5) is 0. The van der Waals surface area contributed by atoms with E-state index in [2.05, 4.69) is 27.7 Å². The fraction of sp³-hybridized carbons (Fsp3) is 0.250. The van der Waals surface area contributed by atoms with E-state index >= 15 is 0 Å². The zero-order chi connectivity index (χ0) is 20.5. The summed E-state index contributed by atoms with van der Waals surface area (Å²) >= 11 is 0. The van der Waals surface area contributed by atoms with E-state index in [0.29, 0.717) is 34.1 Å². The Kier molecular flexibility index (Phi) is 4.85. The first kappa shape index (κ1) is 18.6. The van der Waals surface area contributed by atoms with Crippen LogP contribution in [-0.4, -0.2) is 25.3 Å². The number of allylic oxidation sites excluding steroid dienone is 1. The molecule has 1 aromatic heterocycles. The molecule has 2 aromatic carbocycles. The van der Waals surface area contributed by atoms with Crippen LogP contribution in [0.5, 0.6) is 11.5 Å². The lowest BCUT2D eigenvalue weighted by Gasteiger charge is -2.19. The third-order valence-electron chi connectivity index (χ3n) is 5.71. The molecule has 152 valence electrons. The van der Waals surface area contributed by atoms with Crippen LogP contribution in [0.4, 0.5) is 5.69 Å². The Balaban J connectivity index is 1.57. The van der Waals surface area contributed by atoms with Crippen LogP contribution in [0, 0.1) is 5.92 Å². The maximum Gasteiger partial charge on any atom is 0.172 e. The third-order valence-corrected chi connectivity index (χ3v) is 5.71. The molecule has 0 atom stereocenters. The van der Waals surface area contributed by atoms with Gasteiger partial charge in [-0.1, -0.05) is 30.4 Å². The summed E-state index contributed by atoms with van der Waals surface area (Å²) < 4.78 is 11.7. The average Bonchev–Trinajstić information content (AvgIpc) is 3.34. The van der Waals surface area contributed by atoms with Crippen molar-refractivity contribution >= 4 is 34.5 Å². The van der Waals surface area contributed by atoms with Crippen LogP contribution < -0.4 is 10.1 Å². The van der Waals surface area contributed by atoms with Crippen molar-refractivity contribution in [3.05, 3.63) is 59.4 Å². The summed E-state index contributed by atoms with van der Waals surface area (Å²) in [6.45, 7) is 2.07. The summed E-state index contributed by atoms with van der Waals surface area (Å²) in [6, 6.07) is 11.4. The van der Waals surface area contributed by atoms with Gasteiger partial charge in [-0.3, -0.25) is 0 Å². The van der Waals surface area contributed by atoms with Gasteiger partial charge in [-0.05, 0) is 50.0 Å². The molecule has 0 spiro atoms. The quantitative estimate of drug-likeness (QED) is 0.583. The lowest BCUT2D eigenvalue weighted by molar-refractivity contribution is 0.413. The van der Waals surface area contributed by atoms with E-state index in [9.17, 15) is 5.11 Å². The van der Waals surface area contributed by atoms with Gasteiger partial charge in [-0.2, -0.15) is 0 Å². The fourth-order valence-electron chi connectivity index (χ4n) is 4.04. The number of azo groups is 1. The molecule has 2 aliphatic heterocycles. The molecule has 30 heavy (non-hydrogen) atoms. The third kappa shape index (κ3) is 3.29. The molecule has 6 heteroatoms. The second kappa shape index (κ2) is 7.80. The van der Waals surface area contributed by atoms with Gasteiger partial charge in [0.15, 0.2) is 11.5 Å². The molecule has 0 radical (unpaired) electrons. The van der Waals surface area contributed by atoms with Crippen molar-refractivity contribution in [3.63, 3.8) is 0 Å². The second-order valence-electron chi connectivity index (χ2n) is 7.57. The SMILES string of the molecule is COc1ccc2c(O)c(C=C3N=Nc4ccccc43)oc2c1/C=C\C1CCNCC1. The van der Waals surface area contributed by atoms with Gasteiger partial charge in [0.2, 0.25) is 0 Å². The number of furan rings is 1. The molecule has 2 aliphatic rings. The Bertz CT molecular complexity index is 1180. The Labute approximate surface area is 174 Å². The lowest BCUT2D eigenvalue weighted by atomic mass is 9.96. The maximum atomic E-state index is 10.8. The molecule has 3 heterocycles. The largest absolute Gasteiger partial charge is 0.504 e. The fourth-order valence-corrected chi connectivity index (χ4v) is 4.04. The zero-order valence-corrected chi connectivity index (χ0v) is 16.8. The number of hydrogen-bond acceptors (Lipinski definition) is 6. The minimum atomic E-state index is 0.0938. The highest BCUT2D eigenvalue weighted by Gasteiger charge is 2.20. The number of ether oxygens (including phenoxy) is 1. The molecule has 0 aliphatic carbocycles. The predicted molar refractivity (Wildman–Crippen MR) is 118 cm³/mol. The van der Waals surface area contributed by atoms with E-state index in [1.54, 1.807) is 13.2 Å². The summed E-state index contributed by atoms with van der Waals surface area (Å²) in [7, 11) is 1.64. The van der Waals surface area contributed by atoms with Crippen molar-refractivity contribution in [2.75, 3.05) is 20.2 Å². The van der Waals surface area contributed by atoms with E-state index in [-0.39, 0.29) is 5.75 Å². The van der Waals surface area contributed by atoms with Gasteiger partial charge in [0.05, 0.1) is 29.4 Å². The van der Waals surface area contributed by atoms with Crippen LogP contribution in [0.1, 0.15) is 29.7 Å². The summed E-state index contributed by atoms with van der Waals surface area (Å²) in [6.07, 6.45) is 8.23. The molecule has 0 amide bonds. The topological polar surface area (TPSA) is 79.3 Å². The molecule has 1 saturated heterocycles. The van der Waals surface area contributed by atoms with Crippen LogP contribution in [0.15, 0.2) is 57.1 Å². The van der Waals surface area contributed by atoms with E-state index in [1.165, 1.54) is 0 Å². The van der Waals surface area contributed by atoms with Crippen molar-refractivity contribution in [2.24, 2.45) is 16.1 Å². The number of fused-ring (bicyclic) bond motifs is 2. The summed E-state index contributed by atoms with van der Waals surface area (Å²) in [5, 5.41) is 23.3. The van der Waals surface area contributed by atoms with Crippen LogP contribution >= 0.6 is 0 Å². The van der Waals surface area contributed by atoms with Crippen LogP contribution in [-0.2, 0) is 0 Å². The average molecular weight is 401 g/mol. The first-order valence-corrected chi connectivity index (χ1v) is 10.2. The molecule has 1 fully saturated rings. The molecule has 2 N–H and O–H groups in total. The van der Waals surface area contributed by atoms with Crippen molar-refractivity contribution in [1.29, 1.82) is 0 Å². The first-order chi connectivity index (χ1) is 14.7. The Morgan fingerprint density at radius 3 is 2.80 bits per heavy atom. The number of benzene rings is 2. The standard InChI is InChI=1S/C24H23N3O3/c1-29-21-9-8-18-23(28)22(14-20-16-4-2-3-5-19(16)26-27-20)30-24(18)17(21)7-6-15-10-12-25-13-11-15/h2-9,14-15,25,28H,10-13H2,1H3/b7-6-,20-14?. The van der Waals surface area contributed by atoms with Crippen LogP contribution in [0.2, 0.25) is 0 Å². The van der Waals surface area contributed by atoms with Gasteiger partial charge < -0.3 is 19.6 Å². The number of methoxy groups -OCH3 is 1. The number of nitrogens with zero attached hydrogens (tertiary/aromatic N) is 2. The maximum absolute atomic E-state index is 10.8. The minimum absolute atomic E-state index is 0.0938. The van der Waals surface area contributed by atoms with Gasteiger partial charge in [-0.15, -0.1) is 10.2 Å². The second-order valence-corrected chi connectivity index (χ2v) is 7.57. The molecule has 0 saturated carbocycles. The van der Waals surface area contributed by atoms with Gasteiger partial charge in [0, 0.05) is 11.6 Å². The number of rotatable bonds is 4. The highest BCUT2D eigenvalue weighted by molar-refractivity contribution is 5.97. The van der Waals surface area contributed by atoms with E-state index in [4.69, 9.17) is 9.15 Å². The van der Waals surface area contributed by atoms with Crippen LogP contribution in [0.25, 0.3) is 28.8 Å². The molecule has 0 bridgehead atoms. The Morgan fingerprint density at radius 2 is 1.97 bits per heavy atom. The molecule has 6 nitrogen and oxygen atoms in total. The molecular formula is C24H23N3O3. The Morgan fingerprint density at radius 1 is 1.13 bits per heavy atom. The van der Waals surface area contributed by atoms with Gasteiger partial charge in [0.25, 0.3) is 0 Å². The predicted octanol–water partition coefficient (Wildman–Crippen LogP) is 5.76. The number of piperidine rings is 1. The van der Waals surface area contributed by atoms with E-state index in [0.717, 1.165) is 42.7 Å². The molecular weight excluding hydrogens is 378 g/mol. The van der Waals surface area contributed by atoms with Gasteiger partial charge in [-0.25, -0.2) is 0 Å². The molecule has 0 unspecified atom stereocenters. The van der Waals surface area contributed by atoms with Gasteiger partial charge in [0.1, 0.15) is 11.3 Å². The normalized spacial score (nSPS) is 18.0. The number of hydrogen-bond donors (Lipinski definition) is 2. The lowest BCUT2D eigenvalue weighted by Crippen LogP contribution is -2.26. The number of nitrogens with one attached hydrogen (secondary N) is 1. The van der Waals surface area contributed by atoms with Crippen molar-refractivity contribution in [2.45, 2.75) is 12.8 Å². The highest BCUT2D eigenvalue weighted by atomic mass is 16.5. The first-order valence-electron chi connectivity index (χ1n) is 10.2. The minimum Gasteiger partial charge on any atom is -0.504 e. The smallest absolute Gasteiger partial charge is 0.172 e. The van der Waals surface area contributed by atoms with Crippen molar-refractivity contribution in [3.8, 4) is 11.5 Å². The van der Waals surface area contributed by atoms with E-state index in [1.807, 2.05) is 36.4 Å². The summed E-state index contributed by atoms with van der Waals surface area (Å²) in [5.74, 6) is 1.69. The zero-order valence-electron chi connectivity index (χ0n) is 16.8. The Hall–Kier alpha value is -3.38. The monoisotopic (exact) mass is 401 g/mol. The van der Waals surface area contributed by atoms with Gasteiger partial charge >= 0.3 is 0 Å². The molecule has 3 aromatic rings. The van der Waals surface area contributed by atoms with Crippen molar-refractivity contribution in [1.82, 2.24) is 5.32 Å². The number of aromatic hydroxyl groups is 1. The summed E-state index contributed by atoms with van der Waals surface area (Å²) in [5.41, 5.74) is 3.83. The highest BCUT2D eigenvalue weighted by Crippen LogP contribution is 2.42. The van der Waals surface area contributed by atoms with Crippen molar-refractivity contribution < 1.29 is 14.3 Å². The van der Waals surface area contributed by atoms with E-state index < -0.39 is 0 Å². The molecule has 5 rings (SSSR count).